The number of hydrogen-bond donors (Lipinski definition) is 1. The van der Waals surface area contributed by atoms with Crippen LogP contribution in [0.25, 0.3) is 0 Å². The lowest BCUT2D eigenvalue weighted by Gasteiger charge is -2.20. The molecule has 1 saturated heterocycles. The third-order valence-electron chi connectivity index (χ3n) is 2.58. The molecule has 2 unspecified atom stereocenters. The van der Waals surface area contributed by atoms with Crippen molar-refractivity contribution in [3.63, 3.8) is 0 Å². The minimum Gasteiger partial charge on any atom is -0.339 e. The average Bonchev–Trinajstić information content (AvgIpc) is 2.47. The summed E-state index contributed by atoms with van der Waals surface area (Å²) in [6.45, 7) is 3.67. The van der Waals surface area contributed by atoms with Crippen molar-refractivity contribution in [3.8, 4) is 0 Å². The van der Waals surface area contributed by atoms with Crippen LogP contribution >= 0.6 is 11.8 Å². The van der Waals surface area contributed by atoms with E-state index in [1.807, 2.05) is 11.2 Å². The van der Waals surface area contributed by atoms with E-state index in [1.165, 1.54) is 0 Å². The highest BCUT2D eigenvalue weighted by Crippen LogP contribution is 2.22. The van der Waals surface area contributed by atoms with Crippen molar-refractivity contribution in [2.45, 2.75) is 19.4 Å². The Kier molecular flexibility index (Phi) is 4.06. The quantitative estimate of drug-likeness (QED) is 0.727. The maximum absolute atomic E-state index is 11.6. The minimum atomic E-state index is 0.260. The molecule has 1 fully saturated rings. The Labute approximate surface area is 84.0 Å². The Bertz CT molecular complexity index is 186. The van der Waals surface area contributed by atoms with Crippen LogP contribution in [0.2, 0.25) is 0 Å². The van der Waals surface area contributed by atoms with Gasteiger partial charge >= 0.3 is 0 Å². The summed E-state index contributed by atoms with van der Waals surface area (Å²) in [4.78, 5) is 13.5. The number of thioether (sulfide) groups is 1. The second-order valence-corrected chi connectivity index (χ2v) is 4.53. The third kappa shape index (κ3) is 2.61. The van der Waals surface area contributed by atoms with Crippen molar-refractivity contribution in [2.75, 3.05) is 25.1 Å². The molecular weight excluding hydrogens is 184 g/mol. The lowest BCUT2D eigenvalue weighted by Crippen LogP contribution is -2.35. The molecule has 0 radical (unpaired) electrons. The average molecular weight is 202 g/mol. The SMILES string of the molecule is CSCC(=O)N1CC(CN)CC1C. The van der Waals surface area contributed by atoms with E-state index in [0.29, 0.717) is 24.3 Å². The van der Waals surface area contributed by atoms with Crippen molar-refractivity contribution in [1.82, 2.24) is 4.90 Å². The Morgan fingerprint density at radius 1 is 1.69 bits per heavy atom. The summed E-state index contributed by atoms with van der Waals surface area (Å²) < 4.78 is 0. The molecule has 0 saturated carbocycles. The fourth-order valence-corrected chi connectivity index (χ4v) is 2.28. The Morgan fingerprint density at radius 2 is 2.38 bits per heavy atom. The number of carbonyl (C=O) groups excluding carboxylic acids is 1. The maximum atomic E-state index is 11.6. The highest BCUT2D eigenvalue weighted by Gasteiger charge is 2.30. The summed E-state index contributed by atoms with van der Waals surface area (Å²) in [5.74, 6) is 1.37. The van der Waals surface area contributed by atoms with Gasteiger partial charge in [0.25, 0.3) is 0 Å². The molecule has 0 aromatic rings. The van der Waals surface area contributed by atoms with Crippen molar-refractivity contribution in [3.05, 3.63) is 0 Å². The van der Waals surface area contributed by atoms with Gasteiger partial charge in [-0.05, 0) is 32.1 Å². The molecule has 4 heteroatoms. The lowest BCUT2D eigenvalue weighted by molar-refractivity contribution is -0.128. The molecule has 1 rings (SSSR count). The highest BCUT2D eigenvalue weighted by molar-refractivity contribution is 7.99. The molecule has 0 spiro atoms. The number of rotatable bonds is 3. The van der Waals surface area contributed by atoms with Crippen LogP contribution < -0.4 is 5.73 Å². The molecular formula is C9H18N2OS. The molecule has 0 aliphatic carbocycles. The number of amides is 1. The fraction of sp³-hybridized carbons (Fsp3) is 0.889. The van der Waals surface area contributed by atoms with Gasteiger partial charge in [0, 0.05) is 12.6 Å². The van der Waals surface area contributed by atoms with Crippen LogP contribution in [0.3, 0.4) is 0 Å². The predicted octanol–water partition coefficient (Wildman–Crippen LogP) is 0.545. The Hall–Kier alpha value is -0.220. The van der Waals surface area contributed by atoms with Crippen LogP contribution in [0.5, 0.6) is 0 Å². The molecule has 13 heavy (non-hydrogen) atoms. The van der Waals surface area contributed by atoms with Crippen molar-refractivity contribution in [1.29, 1.82) is 0 Å². The predicted molar refractivity (Wildman–Crippen MR) is 56.7 cm³/mol. The number of hydrogen-bond acceptors (Lipinski definition) is 3. The smallest absolute Gasteiger partial charge is 0.232 e. The largest absolute Gasteiger partial charge is 0.339 e. The first kappa shape index (κ1) is 10.9. The zero-order chi connectivity index (χ0) is 9.84. The van der Waals surface area contributed by atoms with Crippen LogP contribution in [-0.4, -0.2) is 41.9 Å². The first-order valence-corrected chi connectivity index (χ1v) is 6.07. The van der Waals surface area contributed by atoms with Gasteiger partial charge in [0.15, 0.2) is 0 Å². The summed E-state index contributed by atoms with van der Waals surface area (Å²) in [6, 6.07) is 0.383. The van der Waals surface area contributed by atoms with Gasteiger partial charge < -0.3 is 10.6 Å². The topological polar surface area (TPSA) is 46.3 Å². The van der Waals surface area contributed by atoms with Crippen molar-refractivity contribution in [2.24, 2.45) is 11.7 Å². The van der Waals surface area contributed by atoms with E-state index in [9.17, 15) is 4.79 Å². The zero-order valence-corrected chi connectivity index (χ0v) is 9.14. The van der Waals surface area contributed by atoms with Crippen LogP contribution in [0.15, 0.2) is 0 Å². The second-order valence-electron chi connectivity index (χ2n) is 3.67. The van der Waals surface area contributed by atoms with Gasteiger partial charge in [-0.1, -0.05) is 0 Å². The highest BCUT2D eigenvalue weighted by atomic mass is 32.2. The molecule has 2 N–H and O–H groups in total. The van der Waals surface area contributed by atoms with E-state index in [1.54, 1.807) is 11.8 Å². The van der Waals surface area contributed by atoms with Crippen LogP contribution in [0.1, 0.15) is 13.3 Å². The molecule has 76 valence electrons. The van der Waals surface area contributed by atoms with Gasteiger partial charge in [-0.2, -0.15) is 11.8 Å². The summed E-state index contributed by atoms with van der Waals surface area (Å²) >= 11 is 1.58. The van der Waals surface area contributed by atoms with Gasteiger partial charge in [0.2, 0.25) is 5.91 Å². The van der Waals surface area contributed by atoms with Gasteiger partial charge in [0.1, 0.15) is 0 Å². The maximum Gasteiger partial charge on any atom is 0.232 e. The number of likely N-dealkylation sites (tertiary alicyclic amines) is 1. The van der Waals surface area contributed by atoms with Crippen molar-refractivity contribution < 1.29 is 4.79 Å². The minimum absolute atomic E-state index is 0.260. The molecule has 0 aromatic carbocycles. The lowest BCUT2D eigenvalue weighted by atomic mass is 10.1. The molecule has 1 aliphatic rings. The Morgan fingerprint density at radius 3 is 2.85 bits per heavy atom. The normalized spacial score (nSPS) is 28.1. The monoisotopic (exact) mass is 202 g/mol. The van der Waals surface area contributed by atoms with Gasteiger partial charge in [-0.25, -0.2) is 0 Å². The first-order chi connectivity index (χ1) is 6.19. The number of nitrogens with zero attached hydrogens (tertiary/aromatic N) is 1. The molecule has 2 atom stereocenters. The first-order valence-electron chi connectivity index (χ1n) is 4.67. The number of nitrogens with two attached hydrogens (primary N) is 1. The second kappa shape index (κ2) is 4.86. The molecule has 1 amide bonds. The van der Waals surface area contributed by atoms with E-state index < -0.39 is 0 Å². The van der Waals surface area contributed by atoms with E-state index in [4.69, 9.17) is 5.73 Å². The van der Waals surface area contributed by atoms with Crippen LogP contribution in [-0.2, 0) is 4.79 Å². The van der Waals surface area contributed by atoms with E-state index in [-0.39, 0.29) is 5.91 Å². The molecule has 0 aromatic heterocycles. The van der Waals surface area contributed by atoms with E-state index in [0.717, 1.165) is 13.0 Å². The zero-order valence-electron chi connectivity index (χ0n) is 8.32. The summed E-state index contributed by atoms with van der Waals surface area (Å²) in [6.07, 6.45) is 3.02. The third-order valence-corrected chi connectivity index (χ3v) is 3.12. The molecule has 0 bridgehead atoms. The number of carbonyl (C=O) groups is 1. The van der Waals surface area contributed by atoms with E-state index >= 15 is 0 Å². The summed E-state index contributed by atoms with van der Waals surface area (Å²) in [5.41, 5.74) is 5.59. The molecule has 1 heterocycles. The Balaban J connectivity index is 2.46. The molecule has 1 aliphatic heterocycles. The fourth-order valence-electron chi connectivity index (χ4n) is 1.87. The van der Waals surface area contributed by atoms with E-state index in [2.05, 4.69) is 6.92 Å². The van der Waals surface area contributed by atoms with Crippen LogP contribution in [0.4, 0.5) is 0 Å². The molecule has 3 nitrogen and oxygen atoms in total. The van der Waals surface area contributed by atoms with Crippen molar-refractivity contribution >= 4 is 17.7 Å². The van der Waals surface area contributed by atoms with Crippen LogP contribution in [0, 0.1) is 5.92 Å². The van der Waals surface area contributed by atoms with Gasteiger partial charge in [-0.15, -0.1) is 0 Å². The standard InChI is InChI=1S/C9H18N2OS/c1-7-3-8(4-10)5-11(7)9(12)6-13-2/h7-8H,3-6,10H2,1-2H3. The van der Waals surface area contributed by atoms with Gasteiger partial charge in [0.05, 0.1) is 5.75 Å². The summed E-state index contributed by atoms with van der Waals surface area (Å²) in [7, 11) is 0. The van der Waals surface area contributed by atoms with Gasteiger partial charge in [-0.3, -0.25) is 4.79 Å². The summed E-state index contributed by atoms with van der Waals surface area (Å²) in [5, 5.41) is 0.